The lowest BCUT2D eigenvalue weighted by atomic mass is 10.1. The Hall–Kier alpha value is -2.41. The van der Waals surface area contributed by atoms with Crippen LogP contribution in [0.3, 0.4) is 0 Å². The molecule has 2 aromatic rings. The SMILES string of the molecule is COC(=O)c1nc([C@@H](Cc2ccccc2)NC(=O)OC(C)(C)C)sc1C(C)C. The van der Waals surface area contributed by atoms with Crippen molar-refractivity contribution in [3.63, 3.8) is 0 Å². The normalized spacial score (nSPS) is 12.5. The van der Waals surface area contributed by atoms with Crippen LogP contribution in [0.2, 0.25) is 0 Å². The summed E-state index contributed by atoms with van der Waals surface area (Å²) in [6.45, 7) is 9.44. The zero-order valence-electron chi connectivity index (χ0n) is 17.2. The molecule has 1 aromatic carbocycles. The van der Waals surface area contributed by atoms with E-state index in [9.17, 15) is 9.59 Å². The largest absolute Gasteiger partial charge is 0.464 e. The van der Waals surface area contributed by atoms with Gasteiger partial charge in [-0.2, -0.15) is 0 Å². The van der Waals surface area contributed by atoms with Crippen LogP contribution in [-0.4, -0.2) is 29.8 Å². The maximum Gasteiger partial charge on any atom is 0.408 e. The first-order valence-electron chi connectivity index (χ1n) is 9.23. The van der Waals surface area contributed by atoms with Crippen molar-refractivity contribution in [2.75, 3.05) is 7.11 Å². The molecule has 1 heterocycles. The van der Waals surface area contributed by atoms with E-state index in [1.54, 1.807) is 0 Å². The Morgan fingerprint density at radius 2 is 1.82 bits per heavy atom. The van der Waals surface area contributed by atoms with E-state index in [0.717, 1.165) is 10.4 Å². The van der Waals surface area contributed by atoms with Crippen molar-refractivity contribution in [2.24, 2.45) is 0 Å². The highest BCUT2D eigenvalue weighted by molar-refractivity contribution is 7.12. The highest BCUT2D eigenvalue weighted by Gasteiger charge is 2.27. The third kappa shape index (κ3) is 6.05. The highest BCUT2D eigenvalue weighted by atomic mass is 32.1. The Bertz CT molecular complexity index is 810. The molecular weight excluding hydrogens is 376 g/mol. The smallest absolute Gasteiger partial charge is 0.408 e. The number of amides is 1. The minimum absolute atomic E-state index is 0.110. The maximum atomic E-state index is 12.4. The lowest BCUT2D eigenvalue weighted by Crippen LogP contribution is -2.35. The summed E-state index contributed by atoms with van der Waals surface area (Å²) in [7, 11) is 1.34. The molecule has 0 saturated carbocycles. The molecule has 152 valence electrons. The minimum atomic E-state index is -0.607. The highest BCUT2D eigenvalue weighted by Crippen LogP contribution is 2.32. The molecule has 0 spiro atoms. The zero-order valence-corrected chi connectivity index (χ0v) is 18.1. The van der Waals surface area contributed by atoms with Gasteiger partial charge in [-0.15, -0.1) is 11.3 Å². The molecule has 28 heavy (non-hydrogen) atoms. The van der Waals surface area contributed by atoms with Gasteiger partial charge < -0.3 is 14.8 Å². The molecule has 7 heteroatoms. The number of aromatic nitrogens is 1. The van der Waals surface area contributed by atoms with E-state index in [2.05, 4.69) is 10.3 Å². The summed E-state index contributed by atoms with van der Waals surface area (Å²) >= 11 is 1.42. The molecule has 0 bridgehead atoms. The Morgan fingerprint density at radius 3 is 2.36 bits per heavy atom. The molecule has 1 aromatic heterocycles. The van der Waals surface area contributed by atoms with Crippen molar-refractivity contribution >= 4 is 23.4 Å². The van der Waals surface area contributed by atoms with Crippen molar-refractivity contribution in [3.05, 3.63) is 51.5 Å². The van der Waals surface area contributed by atoms with Gasteiger partial charge in [0.25, 0.3) is 0 Å². The van der Waals surface area contributed by atoms with E-state index in [-0.39, 0.29) is 5.92 Å². The summed E-state index contributed by atoms with van der Waals surface area (Å²) < 4.78 is 10.3. The van der Waals surface area contributed by atoms with Crippen molar-refractivity contribution < 1.29 is 19.1 Å². The summed E-state index contributed by atoms with van der Waals surface area (Å²) in [6.07, 6.45) is 0.0144. The number of methoxy groups -OCH3 is 1. The van der Waals surface area contributed by atoms with Gasteiger partial charge in [-0.1, -0.05) is 44.2 Å². The predicted molar refractivity (Wildman–Crippen MR) is 110 cm³/mol. The molecule has 0 unspecified atom stereocenters. The number of benzene rings is 1. The number of hydrogen-bond donors (Lipinski definition) is 1. The van der Waals surface area contributed by atoms with E-state index >= 15 is 0 Å². The number of thiazole rings is 1. The van der Waals surface area contributed by atoms with Gasteiger partial charge in [0.1, 0.15) is 10.6 Å². The Morgan fingerprint density at radius 1 is 1.18 bits per heavy atom. The first-order chi connectivity index (χ1) is 13.1. The van der Waals surface area contributed by atoms with Gasteiger partial charge in [-0.25, -0.2) is 14.6 Å². The second-order valence-electron chi connectivity index (χ2n) is 7.80. The van der Waals surface area contributed by atoms with Crippen LogP contribution in [-0.2, 0) is 15.9 Å². The minimum Gasteiger partial charge on any atom is -0.464 e. The van der Waals surface area contributed by atoms with Crippen molar-refractivity contribution in [2.45, 2.75) is 58.6 Å². The molecule has 0 saturated heterocycles. The number of carbonyl (C=O) groups excluding carboxylic acids is 2. The number of rotatable bonds is 6. The van der Waals surface area contributed by atoms with Crippen LogP contribution in [0.25, 0.3) is 0 Å². The van der Waals surface area contributed by atoms with Gasteiger partial charge >= 0.3 is 12.1 Å². The van der Waals surface area contributed by atoms with E-state index < -0.39 is 23.7 Å². The molecule has 6 nitrogen and oxygen atoms in total. The molecule has 0 radical (unpaired) electrons. The van der Waals surface area contributed by atoms with Crippen LogP contribution >= 0.6 is 11.3 Å². The third-order valence-corrected chi connectivity index (χ3v) is 5.31. The van der Waals surface area contributed by atoms with Crippen LogP contribution in [0.1, 0.15) is 72.5 Å². The van der Waals surface area contributed by atoms with Gasteiger partial charge in [0.05, 0.1) is 13.2 Å². The van der Waals surface area contributed by atoms with Crippen LogP contribution in [0.5, 0.6) is 0 Å². The number of carbonyl (C=O) groups is 2. The summed E-state index contributed by atoms with van der Waals surface area (Å²) in [5.74, 6) is -0.360. The summed E-state index contributed by atoms with van der Waals surface area (Å²) in [5.41, 5.74) is 0.746. The molecule has 0 fully saturated rings. The fourth-order valence-electron chi connectivity index (χ4n) is 2.63. The summed E-state index contributed by atoms with van der Waals surface area (Å²) in [5, 5.41) is 3.56. The maximum absolute atomic E-state index is 12.4. The van der Waals surface area contributed by atoms with Crippen molar-refractivity contribution in [1.29, 1.82) is 0 Å². The molecule has 1 N–H and O–H groups in total. The van der Waals surface area contributed by atoms with Crippen LogP contribution < -0.4 is 5.32 Å². The quantitative estimate of drug-likeness (QED) is 0.696. The van der Waals surface area contributed by atoms with Gasteiger partial charge in [-0.3, -0.25) is 0 Å². The monoisotopic (exact) mass is 404 g/mol. The van der Waals surface area contributed by atoms with Gasteiger partial charge in [-0.05, 0) is 38.7 Å². The average Bonchev–Trinajstić information content (AvgIpc) is 3.05. The number of esters is 1. The average molecular weight is 405 g/mol. The fraction of sp³-hybridized carbons (Fsp3) is 0.476. The van der Waals surface area contributed by atoms with Crippen LogP contribution in [0.4, 0.5) is 4.79 Å². The van der Waals surface area contributed by atoms with Crippen LogP contribution in [0, 0.1) is 0 Å². The van der Waals surface area contributed by atoms with E-state index in [4.69, 9.17) is 9.47 Å². The van der Waals surface area contributed by atoms with E-state index in [1.165, 1.54) is 18.4 Å². The van der Waals surface area contributed by atoms with E-state index in [1.807, 2.05) is 65.0 Å². The summed E-state index contributed by atoms with van der Waals surface area (Å²) in [6, 6.07) is 9.39. The molecule has 0 aliphatic rings. The van der Waals surface area contributed by atoms with Gasteiger partial charge in [0.15, 0.2) is 5.69 Å². The first-order valence-corrected chi connectivity index (χ1v) is 10.0. The third-order valence-electron chi connectivity index (χ3n) is 3.84. The number of hydrogen-bond acceptors (Lipinski definition) is 6. The number of nitrogens with one attached hydrogen (secondary N) is 1. The Labute approximate surface area is 170 Å². The fourth-order valence-corrected chi connectivity index (χ4v) is 3.74. The molecular formula is C21H28N2O4S. The van der Waals surface area contributed by atoms with Crippen LogP contribution in [0.15, 0.2) is 30.3 Å². The molecule has 2 rings (SSSR count). The Balaban J connectivity index is 2.37. The van der Waals surface area contributed by atoms with Crippen molar-refractivity contribution in [3.8, 4) is 0 Å². The molecule has 0 aliphatic heterocycles. The van der Waals surface area contributed by atoms with E-state index in [0.29, 0.717) is 17.1 Å². The number of alkyl carbamates (subject to hydrolysis) is 1. The van der Waals surface area contributed by atoms with Gasteiger partial charge in [0, 0.05) is 4.88 Å². The van der Waals surface area contributed by atoms with Gasteiger partial charge in [0.2, 0.25) is 0 Å². The second kappa shape index (κ2) is 9.19. The number of nitrogens with zero attached hydrogens (tertiary/aromatic N) is 1. The Kier molecular flexibility index (Phi) is 7.18. The second-order valence-corrected chi connectivity index (χ2v) is 8.86. The standard InChI is InChI=1S/C21H28N2O4S/c1-13(2)17-16(19(24)26-6)23-18(28-17)15(12-14-10-8-7-9-11-14)22-20(25)27-21(3,4)5/h7-11,13,15H,12H2,1-6H3,(H,22,25)/t15-/m1/s1. The lowest BCUT2D eigenvalue weighted by molar-refractivity contribution is 0.0503. The molecule has 0 aliphatic carbocycles. The predicted octanol–water partition coefficient (Wildman–Crippen LogP) is 4.86. The molecule has 1 atom stereocenters. The first kappa shape index (κ1) is 21.9. The number of ether oxygens (including phenoxy) is 2. The lowest BCUT2D eigenvalue weighted by Gasteiger charge is -2.23. The zero-order chi connectivity index (χ0) is 20.9. The summed E-state index contributed by atoms with van der Waals surface area (Å²) in [4.78, 5) is 29.9. The van der Waals surface area contributed by atoms with Crippen molar-refractivity contribution in [1.82, 2.24) is 10.3 Å². The molecule has 1 amide bonds. The topological polar surface area (TPSA) is 77.5 Å².